The smallest absolute Gasteiger partial charge is 0.0991 e. The number of rotatable bonds is 4. The lowest BCUT2D eigenvalue weighted by Crippen LogP contribution is -2.23. The average molecular weight is 317 g/mol. The van der Waals surface area contributed by atoms with Crippen LogP contribution in [-0.2, 0) is 6.42 Å². The predicted octanol–water partition coefficient (Wildman–Crippen LogP) is 4.88. The van der Waals surface area contributed by atoms with Crippen molar-refractivity contribution in [3.8, 4) is 6.07 Å². The van der Waals surface area contributed by atoms with Crippen LogP contribution >= 0.6 is 0 Å². The molecule has 122 valence electrons. The molecule has 0 amide bonds. The van der Waals surface area contributed by atoms with Gasteiger partial charge in [-0.05, 0) is 42.7 Å². The molecule has 0 N–H and O–H groups in total. The zero-order chi connectivity index (χ0) is 16.6. The lowest BCUT2D eigenvalue weighted by molar-refractivity contribution is 0.726. The number of hydrogen-bond acceptors (Lipinski definition) is 3. The molecule has 3 rings (SSSR count). The molecule has 0 aliphatic carbocycles. The highest BCUT2D eigenvalue weighted by atomic mass is 15.1. The van der Waals surface area contributed by atoms with E-state index >= 15 is 0 Å². The number of nitriles is 1. The molecule has 0 unspecified atom stereocenters. The molecule has 2 aromatic rings. The first-order chi connectivity index (χ1) is 11.9. The van der Waals surface area contributed by atoms with Gasteiger partial charge in [-0.1, -0.05) is 37.1 Å². The van der Waals surface area contributed by atoms with E-state index in [1.54, 1.807) is 0 Å². The van der Waals surface area contributed by atoms with E-state index in [1.165, 1.54) is 36.9 Å². The Labute approximate surface area is 144 Å². The zero-order valence-corrected chi connectivity index (χ0v) is 14.0. The van der Waals surface area contributed by atoms with Crippen LogP contribution in [0, 0.1) is 11.3 Å². The maximum atomic E-state index is 8.85. The molecule has 1 saturated heterocycles. The first-order valence-electron chi connectivity index (χ1n) is 8.72. The van der Waals surface area contributed by atoms with E-state index in [2.05, 4.69) is 35.2 Å². The second kappa shape index (κ2) is 8.31. The molecular formula is C21H23N3. The largest absolute Gasteiger partial charge is 0.370 e. The van der Waals surface area contributed by atoms with Crippen molar-refractivity contribution in [3.05, 3.63) is 59.7 Å². The maximum Gasteiger partial charge on any atom is 0.0991 e. The van der Waals surface area contributed by atoms with Gasteiger partial charge in [-0.2, -0.15) is 5.26 Å². The van der Waals surface area contributed by atoms with Crippen molar-refractivity contribution in [1.29, 1.82) is 5.26 Å². The monoisotopic (exact) mass is 317 g/mol. The number of hydrogen-bond donors (Lipinski definition) is 0. The van der Waals surface area contributed by atoms with Crippen LogP contribution in [0.25, 0.3) is 0 Å². The van der Waals surface area contributed by atoms with E-state index in [0.29, 0.717) is 5.56 Å². The summed E-state index contributed by atoms with van der Waals surface area (Å²) in [6, 6.07) is 18.3. The van der Waals surface area contributed by atoms with E-state index in [-0.39, 0.29) is 0 Å². The zero-order valence-electron chi connectivity index (χ0n) is 14.0. The fourth-order valence-electron chi connectivity index (χ4n) is 3.12. The highest BCUT2D eigenvalue weighted by Crippen LogP contribution is 2.30. The molecule has 0 aromatic heterocycles. The third-order valence-electron chi connectivity index (χ3n) is 4.47. The topological polar surface area (TPSA) is 39.4 Å². The van der Waals surface area contributed by atoms with Crippen molar-refractivity contribution in [1.82, 2.24) is 0 Å². The fourth-order valence-corrected chi connectivity index (χ4v) is 3.12. The number of nitrogens with zero attached hydrogens (tertiary/aromatic N) is 3. The van der Waals surface area contributed by atoms with Gasteiger partial charge in [0.05, 0.1) is 23.0 Å². The number of aliphatic imine (C=N–C) groups is 1. The van der Waals surface area contributed by atoms with Gasteiger partial charge in [0.15, 0.2) is 0 Å². The third-order valence-corrected chi connectivity index (χ3v) is 4.47. The van der Waals surface area contributed by atoms with Crippen molar-refractivity contribution in [2.45, 2.75) is 32.1 Å². The molecule has 1 fully saturated rings. The van der Waals surface area contributed by atoms with Crippen molar-refractivity contribution < 1.29 is 0 Å². The van der Waals surface area contributed by atoms with Gasteiger partial charge in [0.1, 0.15) is 0 Å². The molecule has 0 saturated carbocycles. The molecule has 0 spiro atoms. The molecule has 1 aliphatic rings. The molecule has 24 heavy (non-hydrogen) atoms. The van der Waals surface area contributed by atoms with Crippen molar-refractivity contribution >= 4 is 17.6 Å². The van der Waals surface area contributed by atoms with Crippen molar-refractivity contribution in [2.24, 2.45) is 4.99 Å². The van der Waals surface area contributed by atoms with Gasteiger partial charge in [0.2, 0.25) is 0 Å². The first kappa shape index (κ1) is 16.3. The van der Waals surface area contributed by atoms with E-state index in [4.69, 9.17) is 10.3 Å². The van der Waals surface area contributed by atoms with Gasteiger partial charge in [-0.25, -0.2) is 0 Å². The Morgan fingerprint density at radius 2 is 1.67 bits per heavy atom. The minimum absolute atomic E-state index is 0.696. The van der Waals surface area contributed by atoms with E-state index in [9.17, 15) is 0 Å². The molecule has 3 heteroatoms. The quantitative estimate of drug-likeness (QED) is 0.754. The van der Waals surface area contributed by atoms with Crippen molar-refractivity contribution in [3.63, 3.8) is 0 Å². The summed E-state index contributed by atoms with van der Waals surface area (Å²) in [5, 5.41) is 8.85. The highest BCUT2D eigenvalue weighted by molar-refractivity contribution is 5.74. The van der Waals surface area contributed by atoms with Crippen LogP contribution in [0.5, 0.6) is 0 Å². The molecular weight excluding hydrogens is 294 g/mol. The Kier molecular flexibility index (Phi) is 5.63. The van der Waals surface area contributed by atoms with E-state index in [1.807, 2.05) is 30.5 Å². The molecule has 0 atom stereocenters. The molecule has 1 heterocycles. The summed E-state index contributed by atoms with van der Waals surface area (Å²) in [6.07, 6.45) is 7.95. The average Bonchev–Trinajstić information content (AvgIpc) is 2.92. The SMILES string of the molecule is N#Cc1ccc(CC=Nc2ccccc2N2CCCCCC2)cc1. The number of benzene rings is 2. The Bertz CT molecular complexity index is 717. The Hall–Kier alpha value is -2.60. The summed E-state index contributed by atoms with van der Waals surface area (Å²) in [6.45, 7) is 2.25. The Balaban J connectivity index is 1.71. The minimum Gasteiger partial charge on any atom is -0.370 e. The summed E-state index contributed by atoms with van der Waals surface area (Å²) in [7, 11) is 0. The van der Waals surface area contributed by atoms with Gasteiger partial charge in [-0.3, -0.25) is 4.99 Å². The van der Waals surface area contributed by atoms with Gasteiger partial charge >= 0.3 is 0 Å². The van der Waals surface area contributed by atoms with E-state index < -0.39 is 0 Å². The number of para-hydroxylation sites is 2. The van der Waals surface area contributed by atoms with Crippen LogP contribution < -0.4 is 4.90 Å². The van der Waals surface area contributed by atoms with Gasteiger partial charge in [0, 0.05) is 25.7 Å². The van der Waals surface area contributed by atoms with Gasteiger partial charge in [-0.15, -0.1) is 0 Å². The van der Waals surface area contributed by atoms with Gasteiger partial charge in [0.25, 0.3) is 0 Å². The molecule has 0 bridgehead atoms. The Morgan fingerprint density at radius 3 is 2.38 bits per heavy atom. The van der Waals surface area contributed by atoms with E-state index in [0.717, 1.165) is 25.2 Å². The molecule has 0 radical (unpaired) electrons. The molecule has 1 aliphatic heterocycles. The first-order valence-corrected chi connectivity index (χ1v) is 8.72. The summed E-state index contributed by atoms with van der Waals surface area (Å²) in [4.78, 5) is 7.19. The van der Waals surface area contributed by atoms with Crippen LogP contribution in [0.3, 0.4) is 0 Å². The maximum absolute atomic E-state index is 8.85. The normalized spacial score (nSPS) is 15.2. The van der Waals surface area contributed by atoms with Crippen LogP contribution in [-0.4, -0.2) is 19.3 Å². The lowest BCUT2D eigenvalue weighted by Gasteiger charge is -2.24. The lowest BCUT2D eigenvalue weighted by atomic mass is 10.1. The highest BCUT2D eigenvalue weighted by Gasteiger charge is 2.12. The third kappa shape index (κ3) is 4.23. The molecule has 2 aromatic carbocycles. The summed E-state index contributed by atoms with van der Waals surface area (Å²) >= 11 is 0. The van der Waals surface area contributed by atoms with Crippen LogP contribution in [0.2, 0.25) is 0 Å². The van der Waals surface area contributed by atoms with Crippen LogP contribution in [0.15, 0.2) is 53.5 Å². The fraction of sp³-hybridized carbons (Fsp3) is 0.333. The molecule has 3 nitrogen and oxygen atoms in total. The standard InChI is InChI=1S/C21H23N3/c22-17-19-11-9-18(10-12-19)13-14-23-20-7-3-4-8-21(20)24-15-5-1-2-6-16-24/h3-4,7-12,14H,1-2,5-6,13,15-16H2. The van der Waals surface area contributed by atoms with Crippen LogP contribution in [0.4, 0.5) is 11.4 Å². The van der Waals surface area contributed by atoms with Crippen molar-refractivity contribution in [2.75, 3.05) is 18.0 Å². The second-order valence-electron chi connectivity index (χ2n) is 6.21. The summed E-state index contributed by atoms with van der Waals surface area (Å²) in [5.74, 6) is 0. The van der Waals surface area contributed by atoms with Gasteiger partial charge < -0.3 is 4.90 Å². The second-order valence-corrected chi connectivity index (χ2v) is 6.21. The number of anilines is 1. The predicted molar refractivity (Wildman–Crippen MR) is 100 cm³/mol. The van der Waals surface area contributed by atoms with Crippen LogP contribution in [0.1, 0.15) is 36.8 Å². The summed E-state index contributed by atoms with van der Waals surface area (Å²) < 4.78 is 0. The summed E-state index contributed by atoms with van der Waals surface area (Å²) in [5.41, 5.74) is 4.16. The minimum atomic E-state index is 0.696. The Morgan fingerprint density at radius 1 is 0.958 bits per heavy atom.